The molecule has 18 heavy (non-hydrogen) atoms. The molecule has 1 aromatic heterocycles. The average molecular weight is 340 g/mol. The summed E-state index contributed by atoms with van der Waals surface area (Å²) < 4.78 is 1.21. The molecule has 1 nitrogen and oxygen atoms in total. The number of fused-ring (bicyclic) bond motifs is 1. The quantitative estimate of drug-likeness (QED) is 0.858. The van der Waals surface area contributed by atoms with Crippen molar-refractivity contribution in [1.29, 1.82) is 0 Å². The standard InChI is InChI=1S/C14H14BrNS2/c15-14-6-5-10(18-14)9-16-12-7-8-17-13-4-2-1-3-11(12)13/h1-6,12,16H,7-9H2. The second-order valence-electron chi connectivity index (χ2n) is 4.31. The van der Waals surface area contributed by atoms with E-state index < -0.39 is 0 Å². The molecule has 3 rings (SSSR count). The highest BCUT2D eigenvalue weighted by Gasteiger charge is 2.19. The second kappa shape index (κ2) is 5.78. The normalized spacial score (nSPS) is 18.6. The maximum atomic E-state index is 3.68. The Morgan fingerprint density at radius 1 is 1.22 bits per heavy atom. The summed E-state index contributed by atoms with van der Waals surface area (Å²) in [5, 5.41) is 3.68. The molecule has 1 unspecified atom stereocenters. The molecule has 94 valence electrons. The van der Waals surface area contributed by atoms with Crippen LogP contribution in [0.5, 0.6) is 0 Å². The molecule has 1 aromatic carbocycles. The first-order valence-corrected chi connectivity index (χ1v) is 8.62. The Hall–Kier alpha value is -0.290. The van der Waals surface area contributed by atoms with E-state index in [-0.39, 0.29) is 0 Å². The van der Waals surface area contributed by atoms with Crippen molar-refractivity contribution < 1.29 is 0 Å². The first-order valence-electron chi connectivity index (χ1n) is 6.02. The number of hydrogen-bond acceptors (Lipinski definition) is 3. The first kappa shape index (κ1) is 12.7. The van der Waals surface area contributed by atoms with E-state index in [9.17, 15) is 0 Å². The number of halogens is 1. The zero-order chi connectivity index (χ0) is 12.4. The van der Waals surface area contributed by atoms with Gasteiger partial charge in [-0.05, 0) is 51.9 Å². The SMILES string of the molecule is Brc1ccc(CNC2CCSc3ccccc32)s1. The minimum Gasteiger partial charge on any atom is -0.305 e. The molecule has 0 saturated heterocycles. The van der Waals surface area contributed by atoms with Gasteiger partial charge in [-0.2, -0.15) is 0 Å². The molecular weight excluding hydrogens is 326 g/mol. The van der Waals surface area contributed by atoms with Gasteiger partial charge in [0.15, 0.2) is 0 Å². The third-order valence-electron chi connectivity index (χ3n) is 3.11. The third-order valence-corrected chi connectivity index (χ3v) is 5.86. The molecule has 1 atom stereocenters. The summed E-state index contributed by atoms with van der Waals surface area (Å²) in [6, 6.07) is 13.6. The van der Waals surface area contributed by atoms with E-state index in [2.05, 4.69) is 57.6 Å². The lowest BCUT2D eigenvalue weighted by molar-refractivity contribution is 0.513. The van der Waals surface area contributed by atoms with Crippen LogP contribution in [0.3, 0.4) is 0 Å². The molecule has 0 aliphatic carbocycles. The fraction of sp³-hybridized carbons (Fsp3) is 0.286. The van der Waals surface area contributed by atoms with Crippen LogP contribution in [0, 0.1) is 0 Å². The Bertz CT molecular complexity index is 538. The van der Waals surface area contributed by atoms with E-state index >= 15 is 0 Å². The smallest absolute Gasteiger partial charge is 0.0701 e. The molecule has 0 fully saturated rings. The van der Waals surface area contributed by atoms with Gasteiger partial charge >= 0.3 is 0 Å². The average Bonchev–Trinajstić information content (AvgIpc) is 2.82. The van der Waals surface area contributed by atoms with E-state index in [0.29, 0.717) is 6.04 Å². The molecule has 4 heteroatoms. The monoisotopic (exact) mass is 339 g/mol. The van der Waals surface area contributed by atoms with Crippen LogP contribution < -0.4 is 5.32 Å². The lowest BCUT2D eigenvalue weighted by atomic mass is 10.0. The van der Waals surface area contributed by atoms with Crippen molar-refractivity contribution in [2.45, 2.75) is 23.9 Å². The summed E-state index contributed by atoms with van der Waals surface area (Å²) in [6.07, 6.45) is 1.22. The Morgan fingerprint density at radius 2 is 2.11 bits per heavy atom. The van der Waals surface area contributed by atoms with E-state index in [1.165, 1.54) is 31.3 Å². The predicted molar refractivity (Wildman–Crippen MR) is 83.4 cm³/mol. The number of thioether (sulfide) groups is 1. The molecule has 1 N–H and O–H groups in total. The molecular formula is C14H14BrNS2. The van der Waals surface area contributed by atoms with Crippen LogP contribution in [-0.4, -0.2) is 5.75 Å². The van der Waals surface area contributed by atoms with Crippen LogP contribution in [0.15, 0.2) is 45.1 Å². The number of thiophene rings is 1. The van der Waals surface area contributed by atoms with E-state index in [1.807, 2.05) is 11.8 Å². The van der Waals surface area contributed by atoms with Gasteiger partial charge in [0, 0.05) is 22.4 Å². The largest absolute Gasteiger partial charge is 0.305 e. The highest BCUT2D eigenvalue weighted by Crippen LogP contribution is 2.36. The van der Waals surface area contributed by atoms with Gasteiger partial charge in [-0.1, -0.05) is 18.2 Å². The van der Waals surface area contributed by atoms with Crippen molar-refractivity contribution in [2.75, 3.05) is 5.75 Å². The summed E-state index contributed by atoms with van der Waals surface area (Å²) in [4.78, 5) is 2.83. The van der Waals surface area contributed by atoms with Crippen molar-refractivity contribution in [3.8, 4) is 0 Å². The van der Waals surface area contributed by atoms with Gasteiger partial charge in [-0.3, -0.25) is 0 Å². The van der Waals surface area contributed by atoms with Crippen LogP contribution in [0.4, 0.5) is 0 Å². The zero-order valence-corrected chi connectivity index (χ0v) is 13.1. The van der Waals surface area contributed by atoms with Crippen molar-refractivity contribution >= 4 is 39.0 Å². The van der Waals surface area contributed by atoms with Crippen LogP contribution in [0.1, 0.15) is 22.9 Å². The molecule has 0 radical (unpaired) electrons. The summed E-state index contributed by atoms with van der Waals surface area (Å²) in [5.74, 6) is 1.21. The van der Waals surface area contributed by atoms with Crippen molar-refractivity contribution in [2.24, 2.45) is 0 Å². The van der Waals surface area contributed by atoms with Gasteiger partial charge in [0.25, 0.3) is 0 Å². The molecule has 2 heterocycles. The first-order chi connectivity index (χ1) is 8.83. The molecule has 0 amide bonds. The Morgan fingerprint density at radius 3 is 2.94 bits per heavy atom. The Labute approximate surface area is 124 Å². The topological polar surface area (TPSA) is 12.0 Å². The fourth-order valence-electron chi connectivity index (χ4n) is 2.22. The molecule has 0 spiro atoms. The Balaban J connectivity index is 1.71. The number of hydrogen-bond donors (Lipinski definition) is 1. The lowest BCUT2D eigenvalue weighted by Crippen LogP contribution is -2.23. The summed E-state index contributed by atoms with van der Waals surface area (Å²) >= 11 is 7.29. The second-order valence-corrected chi connectivity index (χ2v) is 8.00. The summed E-state index contributed by atoms with van der Waals surface area (Å²) in [6.45, 7) is 0.958. The van der Waals surface area contributed by atoms with Crippen LogP contribution in [0.25, 0.3) is 0 Å². The van der Waals surface area contributed by atoms with Gasteiger partial charge in [0.2, 0.25) is 0 Å². The van der Waals surface area contributed by atoms with Crippen LogP contribution in [0.2, 0.25) is 0 Å². The molecule has 1 aliphatic heterocycles. The molecule has 1 aliphatic rings. The minimum absolute atomic E-state index is 0.503. The van der Waals surface area contributed by atoms with Gasteiger partial charge in [0.1, 0.15) is 0 Å². The molecule has 2 aromatic rings. The summed E-state index contributed by atoms with van der Waals surface area (Å²) in [7, 11) is 0. The van der Waals surface area contributed by atoms with Crippen LogP contribution in [-0.2, 0) is 6.54 Å². The predicted octanol–water partition coefficient (Wildman–Crippen LogP) is 4.84. The summed E-state index contributed by atoms with van der Waals surface area (Å²) in [5.41, 5.74) is 1.46. The van der Waals surface area contributed by atoms with Crippen LogP contribution >= 0.6 is 39.0 Å². The molecule has 0 saturated carbocycles. The Kier molecular flexibility index (Phi) is 4.09. The van der Waals surface area contributed by atoms with Crippen molar-refractivity contribution in [3.63, 3.8) is 0 Å². The third kappa shape index (κ3) is 2.82. The van der Waals surface area contributed by atoms with Crippen molar-refractivity contribution in [1.82, 2.24) is 5.32 Å². The van der Waals surface area contributed by atoms with E-state index in [4.69, 9.17) is 0 Å². The van der Waals surface area contributed by atoms with E-state index in [0.717, 1.165) is 6.54 Å². The number of rotatable bonds is 3. The van der Waals surface area contributed by atoms with Gasteiger partial charge in [-0.25, -0.2) is 0 Å². The van der Waals surface area contributed by atoms with E-state index in [1.54, 1.807) is 11.3 Å². The highest BCUT2D eigenvalue weighted by molar-refractivity contribution is 9.11. The highest BCUT2D eigenvalue weighted by atomic mass is 79.9. The fourth-order valence-corrected chi connectivity index (χ4v) is 4.78. The van der Waals surface area contributed by atoms with Gasteiger partial charge in [0.05, 0.1) is 3.79 Å². The maximum absolute atomic E-state index is 3.68. The number of nitrogens with one attached hydrogen (secondary N) is 1. The van der Waals surface area contributed by atoms with Gasteiger partial charge < -0.3 is 5.32 Å². The zero-order valence-electron chi connectivity index (χ0n) is 9.86. The number of benzene rings is 1. The minimum atomic E-state index is 0.503. The maximum Gasteiger partial charge on any atom is 0.0701 e. The molecule has 0 bridgehead atoms. The van der Waals surface area contributed by atoms with Crippen molar-refractivity contribution in [3.05, 3.63) is 50.6 Å². The van der Waals surface area contributed by atoms with Gasteiger partial charge in [-0.15, -0.1) is 23.1 Å². The lowest BCUT2D eigenvalue weighted by Gasteiger charge is -2.25.